The number of nitrogens with one attached hydrogen (secondary N) is 1. The van der Waals surface area contributed by atoms with E-state index in [1.807, 2.05) is 0 Å². The largest absolute Gasteiger partial charge is 0.508 e. The number of alkyl halides is 3. The minimum atomic E-state index is -2.75. The molecule has 0 radical (unpaired) electrons. The van der Waals surface area contributed by atoms with Gasteiger partial charge < -0.3 is 41.1 Å². The molecule has 0 aliphatic heterocycles. The number of ether oxygens (including phenoxy) is 1. The summed E-state index contributed by atoms with van der Waals surface area (Å²) in [5.74, 6) is -7.49. The fourth-order valence-electron chi connectivity index (χ4n) is 6.25. The molecule has 0 unspecified atom stereocenters. The lowest BCUT2D eigenvalue weighted by molar-refractivity contribution is -0.153. The number of Topliss-reactive ketones (excluding diaryl/α,β-unsaturated/α-hetero) is 2. The van der Waals surface area contributed by atoms with Gasteiger partial charge in [0, 0.05) is 43.4 Å². The van der Waals surface area contributed by atoms with Crippen LogP contribution < -0.4 is 16.0 Å². The Morgan fingerprint density at radius 2 is 1.79 bits per heavy atom. The second-order valence-electron chi connectivity index (χ2n) is 11.2. The van der Waals surface area contributed by atoms with Crippen molar-refractivity contribution in [2.75, 3.05) is 39.7 Å². The van der Waals surface area contributed by atoms with Crippen molar-refractivity contribution in [3.05, 3.63) is 39.7 Å². The summed E-state index contributed by atoms with van der Waals surface area (Å²) >= 11 is 16.8. The number of phenolic OH excluding ortho intramolecular Hbond substituents is 1. The first-order valence-corrected chi connectivity index (χ1v) is 14.1. The summed E-state index contributed by atoms with van der Waals surface area (Å²) in [5.41, 5.74) is 2.44. The molecular weight excluding hydrogens is 631 g/mol. The number of amides is 2. The number of carbonyl (C=O) groups excluding carboxylic acids is 4. The van der Waals surface area contributed by atoms with Crippen LogP contribution in [0.1, 0.15) is 23.1 Å². The lowest BCUT2D eigenvalue weighted by atomic mass is 9.57. The second-order valence-corrected chi connectivity index (χ2v) is 13.7. The summed E-state index contributed by atoms with van der Waals surface area (Å²) < 4.78 is 3.00. The molecule has 13 nitrogen and oxygen atoms in total. The summed E-state index contributed by atoms with van der Waals surface area (Å²) in [6.07, 6.45) is -0.894. The summed E-state index contributed by atoms with van der Waals surface area (Å²) in [6, 6.07) is 0.400. The first-order chi connectivity index (χ1) is 19.8. The van der Waals surface area contributed by atoms with Gasteiger partial charge in [-0.25, -0.2) is 4.79 Å². The third-order valence-electron chi connectivity index (χ3n) is 8.05. The number of aliphatic hydroxyl groups excluding tert-OH is 2. The number of anilines is 1. The zero-order valence-electron chi connectivity index (χ0n) is 23.6. The number of aromatic hydroxyl groups is 1. The summed E-state index contributed by atoms with van der Waals surface area (Å²) in [6.45, 7) is -0.829. The van der Waals surface area contributed by atoms with E-state index in [-0.39, 0.29) is 36.1 Å². The van der Waals surface area contributed by atoms with Gasteiger partial charge in [-0.2, -0.15) is 0 Å². The van der Waals surface area contributed by atoms with E-state index < -0.39 is 80.3 Å². The standard InChI is InChI=1S/C27H31Cl3N4O9/c1-33(2)14-7-11(8-32-25(41)43-9-26(28,29)30)19(35)16-12(14)5-10-6-13-18(34(3)4)21(37)17(24(31)40)23(39)27(13,42)22(38)15(10)20(16)36/h7,10,13,18,35-36,39,42H,5-6,8-9H2,1-4H3,(H2,31,40)(H,32,41)/t10-,13-,18+,27+/m1/s1. The Labute approximate surface area is 261 Å². The van der Waals surface area contributed by atoms with Crippen molar-refractivity contribution in [3.63, 3.8) is 0 Å². The minimum Gasteiger partial charge on any atom is -0.508 e. The van der Waals surface area contributed by atoms with Gasteiger partial charge in [0.25, 0.3) is 5.91 Å². The molecule has 1 aromatic rings. The number of carbonyl (C=O) groups is 4. The monoisotopic (exact) mass is 660 g/mol. The zero-order chi connectivity index (χ0) is 32.3. The third kappa shape index (κ3) is 5.48. The normalized spacial score (nSPS) is 25.3. The van der Waals surface area contributed by atoms with Crippen LogP contribution in [-0.4, -0.2) is 99.1 Å². The van der Waals surface area contributed by atoms with Gasteiger partial charge in [0.15, 0.2) is 11.4 Å². The predicted octanol–water partition coefficient (Wildman–Crippen LogP) is 1.63. The highest BCUT2D eigenvalue weighted by Crippen LogP contribution is 2.54. The first-order valence-electron chi connectivity index (χ1n) is 13.0. The van der Waals surface area contributed by atoms with Crippen LogP contribution in [0, 0.1) is 11.8 Å². The molecule has 1 fully saturated rings. The number of benzene rings is 1. The van der Waals surface area contributed by atoms with Crippen molar-refractivity contribution in [2.24, 2.45) is 17.6 Å². The van der Waals surface area contributed by atoms with Crippen LogP contribution in [0.5, 0.6) is 5.75 Å². The van der Waals surface area contributed by atoms with Gasteiger partial charge in [0.2, 0.25) is 9.58 Å². The van der Waals surface area contributed by atoms with Crippen LogP contribution in [-0.2, 0) is 32.1 Å². The van der Waals surface area contributed by atoms with E-state index in [9.17, 15) is 39.6 Å². The summed E-state index contributed by atoms with van der Waals surface area (Å²) in [4.78, 5) is 54.7. The van der Waals surface area contributed by atoms with Crippen LogP contribution in [0.2, 0.25) is 0 Å². The minimum absolute atomic E-state index is 0.0439. The quantitative estimate of drug-likeness (QED) is 0.191. The average Bonchev–Trinajstić information content (AvgIpc) is 2.88. The van der Waals surface area contributed by atoms with Crippen molar-refractivity contribution in [1.29, 1.82) is 0 Å². The molecule has 1 aromatic carbocycles. The van der Waals surface area contributed by atoms with Crippen LogP contribution in [0.15, 0.2) is 23.0 Å². The van der Waals surface area contributed by atoms with Gasteiger partial charge >= 0.3 is 6.09 Å². The van der Waals surface area contributed by atoms with Gasteiger partial charge in [-0.05, 0) is 44.5 Å². The maximum Gasteiger partial charge on any atom is 0.407 e. The van der Waals surface area contributed by atoms with E-state index in [1.165, 1.54) is 19.0 Å². The van der Waals surface area contributed by atoms with E-state index in [0.717, 1.165) is 0 Å². The molecule has 43 heavy (non-hydrogen) atoms. The number of fused-ring (bicyclic) bond motifs is 3. The van der Waals surface area contributed by atoms with Crippen LogP contribution >= 0.6 is 34.8 Å². The predicted molar refractivity (Wildman–Crippen MR) is 157 cm³/mol. The number of phenols is 1. The van der Waals surface area contributed by atoms with E-state index in [4.69, 9.17) is 45.3 Å². The number of alkyl carbamates (subject to hydrolysis) is 1. The Kier molecular flexibility index (Phi) is 8.63. The Bertz CT molecular complexity index is 1480. The van der Waals surface area contributed by atoms with Crippen molar-refractivity contribution >= 4 is 69.8 Å². The van der Waals surface area contributed by atoms with E-state index in [1.54, 1.807) is 25.1 Å². The summed E-state index contributed by atoms with van der Waals surface area (Å²) in [5, 5.41) is 47.9. The average molecular weight is 662 g/mol. The van der Waals surface area contributed by atoms with Gasteiger partial charge in [-0.1, -0.05) is 34.8 Å². The lowest BCUT2D eigenvalue weighted by Crippen LogP contribution is -2.65. The van der Waals surface area contributed by atoms with Gasteiger partial charge in [-0.3, -0.25) is 19.3 Å². The van der Waals surface area contributed by atoms with Crippen LogP contribution in [0.25, 0.3) is 5.76 Å². The van der Waals surface area contributed by atoms with Crippen molar-refractivity contribution in [3.8, 4) is 5.75 Å². The van der Waals surface area contributed by atoms with Crippen molar-refractivity contribution < 1.29 is 44.3 Å². The van der Waals surface area contributed by atoms with Crippen LogP contribution in [0.4, 0.5) is 10.5 Å². The molecule has 234 valence electrons. The van der Waals surface area contributed by atoms with E-state index >= 15 is 0 Å². The number of aliphatic hydroxyl groups is 3. The van der Waals surface area contributed by atoms with Crippen LogP contribution in [0.3, 0.4) is 0 Å². The Hall–Kier alpha value is -3.23. The van der Waals surface area contributed by atoms with Gasteiger partial charge in [0.05, 0.1) is 11.6 Å². The van der Waals surface area contributed by atoms with E-state index in [2.05, 4.69) is 5.32 Å². The number of hydrogen-bond donors (Lipinski definition) is 6. The third-order valence-corrected chi connectivity index (χ3v) is 8.38. The van der Waals surface area contributed by atoms with Crippen molar-refractivity contribution in [1.82, 2.24) is 10.2 Å². The number of likely N-dealkylation sites (N-methyl/N-ethyl adjacent to an activating group) is 1. The molecule has 0 aromatic heterocycles. The second kappa shape index (κ2) is 11.4. The zero-order valence-corrected chi connectivity index (χ0v) is 25.8. The molecule has 0 saturated heterocycles. The molecule has 2 amide bonds. The van der Waals surface area contributed by atoms with E-state index in [0.29, 0.717) is 11.3 Å². The van der Waals surface area contributed by atoms with Gasteiger partial charge in [-0.15, -0.1) is 0 Å². The fraction of sp³-hybridized carbons (Fsp3) is 0.481. The Morgan fingerprint density at radius 1 is 1.16 bits per heavy atom. The molecule has 16 heteroatoms. The maximum absolute atomic E-state index is 14.0. The Morgan fingerprint density at radius 3 is 2.33 bits per heavy atom. The molecule has 4 atom stereocenters. The van der Waals surface area contributed by atoms with Crippen molar-refractivity contribution in [2.45, 2.75) is 34.8 Å². The molecule has 0 spiro atoms. The number of nitrogens with two attached hydrogens (primary N) is 1. The molecule has 0 bridgehead atoms. The number of nitrogens with zero attached hydrogens (tertiary/aromatic N) is 2. The summed E-state index contributed by atoms with van der Waals surface area (Å²) in [7, 11) is 6.49. The molecule has 4 rings (SSSR count). The molecule has 0 heterocycles. The SMILES string of the molecule is CN(C)c1cc(CNC(=O)OCC(Cl)(Cl)Cl)c(O)c2c1C[C@@H]1C[C@@H]3[C@H](N(C)C)C(=O)C(C(N)=O)=C(O)[C@@]3(O)C(=O)C1=C2O. The first kappa shape index (κ1) is 32.7. The molecule has 3 aliphatic rings. The highest BCUT2D eigenvalue weighted by Gasteiger charge is 2.64. The highest BCUT2D eigenvalue weighted by molar-refractivity contribution is 6.67. The highest BCUT2D eigenvalue weighted by atomic mass is 35.6. The van der Waals surface area contributed by atoms with Gasteiger partial charge in [0.1, 0.15) is 29.4 Å². The lowest BCUT2D eigenvalue weighted by Gasteiger charge is -2.50. The number of rotatable bonds is 6. The fourth-order valence-corrected chi connectivity index (χ4v) is 6.41. The Balaban J connectivity index is 1.84. The maximum atomic E-state index is 14.0. The number of halogens is 3. The molecule has 7 N–H and O–H groups in total. The number of primary amides is 1. The molecule has 3 aliphatic carbocycles. The topological polar surface area (TPSA) is 203 Å². The number of hydrogen-bond acceptors (Lipinski definition) is 11. The molecular formula is C27H31Cl3N4O9. The molecule has 1 saturated carbocycles. The number of ketones is 2. The smallest absolute Gasteiger partial charge is 0.407 e.